The number of nitrogens with one attached hydrogen (secondary N) is 1. The van der Waals surface area contributed by atoms with E-state index in [-0.39, 0.29) is 5.56 Å². The summed E-state index contributed by atoms with van der Waals surface area (Å²) in [6.07, 6.45) is 1.25. The average Bonchev–Trinajstić information content (AvgIpc) is 3.13. The highest BCUT2D eigenvalue weighted by Gasteiger charge is 2.36. The van der Waals surface area contributed by atoms with Crippen LogP contribution in [-0.2, 0) is 10.0 Å². The van der Waals surface area contributed by atoms with Gasteiger partial charge in [-0.2, -0.15) is 0 Å². The Morgan fingerprint density at radius 1 is 1.44 bits per heavy atom. The van der Waals surface area contributed by atoms with Crippen molar-refractivity contribution in [2.45, 2.75) is 25.0 Å². The number of ether oxygens (including phenoxy) is 1. The number of sulfonamides is 1. The zero-order valence-electron chi connectivity index (χ0n) is 10.0. The Balaban J connectivity index is 2.11. The largest absolute Gasteiger partial charge is 0.494 e. The minimum atomic E-state index is -3.50. The van der Waals surface area contributed by atoms with Crippen molar-refractivity contribution in [3.8, 4) is 5.75 Å². The van der Waals surface area contributed by atoms with Crippen molar-refractivity contribution < 1.29 is 17.9 Å². The molecule has 1 aliphatic carbocycles. The molecule has 1 aliphatic rings. The Hall–Kier alpha value is -1.56. The smallest absolute Gasteiger partial charge is 0.264 e. The molecule has 18 heavy (non-hydrogen) atoms. The number of rotatable bonds is 5. The summed E-state index contributed by atoms with van der Waals surface area (Å²) in [6, 6.07) is 6.46. The number of carbonyl (C=O) groups excluding carboxylic acids is 1. The van der Waals surface area contributed by atoms with Gasteiger partial charge in [0.2, 0.25) is 10.0 Å². The lowest BCUT2D eigenvalue weighted by Crippen LogP contribution is -2.33. The molecule has 0 aliphatic heterocycles. The lowest BCUT2D eigenvalue weighted by Gasteiger charge is -2.07. The number of carbonyl (C=O) groups is 1. The standard InChI is InChI=1S/C12H15NO4S/c1-2-17-10-5-3-4-9(8-10)12(14)13-18(15,16)11-6-7-11/h3-5,8,11H,2,6-7H2,1H3,(H,13,14). The second kappa shape index (κ2) is 4.97. The molecule has 1 aromatic carbocycles. The summed E-state index contributed by atoms with van der Waals surface area (Å²) in [4.78, 5) is 11.8. The molecule has 98 valence electrons. The second-order valence-electron chi connectivity index (χ2n) is 4.14. The van der Waals surface area contributed by atoms with E-state index in [1.807, 2.05) is 6.92 Å². The van der Waals surface area contributed by atoms with Crippen molar-refractivity contribution in [3.63, 3.8) is 0 Å². The van der Waals surface area contributed by atoms with Crippen LogP contribution in [0.25, 0.3) is 0 Å². The highest BCUT2D eigenvalue weighted by atomic mass is 32.2. The molecule has 0 atom stereocenters. The predicted molar refractivity (Wildman–Crippen MR) is 67.0 cm³/mol. The fraction of sp³-hybridized carbons (Fsp3) is 0.417. The molecule has 2 rings (SSSR count). The van der Waals surface area contributed by atoms with Crippen molar-refractivity contribution >= 4 is 15.9 Å². The Labute approximate surface area is 106 Å². The zero-order valence-corrected chi connectivity index (χ0v) is 10.9. The van der Waals surface area contributed by atoms with E-state index in [9.17, 15) is 13.2 Å². The molecule has 1 saturated carbocycles. The van der Waals surface area contributed by atoms with Gasteiger partial charge in [0, 0.05) is 5.56 Å². The van der Waals surface area contributed by atoms with Crippen LogP contribution in [0.15, 0.2) is 24.3 Å². The monoisotopic (exact) mass is 269 g/mol. The van der Waals surface area contributed by atoms with Gasteiger partial charge in [0.25, 0.3) is 5.91 Å². The summed E-state index contributed by atoms with van der Waals surface area (Å²) in [7, 11) is -3.50. The van der Waals surface area contributed by atoms with Crippen molar-refractivity contribution in [3.05, 3.63) is 29.8 Å². The molecular weight excluding hydrogens is 254 g/mol. The normalized spacial score (nSPS) is 15.2. The summed E-state index contributed by atoms with van der Waals surface area (Å²) in [6.45, 7) is 2.33. The fourth-order valence-corrected chi connectivity index (χ4v) is 2.84. The molecular formula is C12H15NO4S. The highest BCUT2D eigenvalue weighted by Crippen LogP contribution is 2.27. The van der Waals surface area contributed by atoms with Gasteiger partial charge in [-0.1, -0.05) is 6.07 Å². The van der Waals surface area contributed by atoms with Crippen LogP contribution in [0.1, 0.15) is 30.1 Å². The Bertz CT molecular complexity index is 549. The minimum absolute atomic E-state index is 0.283. The summed E-state index contributed by atoms with van der Waals surface area (Å²) >= 11 is 0. The lowest BCUT2D eigenvalue weighted by atomic mass is 10.2. The lowest BCUT2D eigenvalue weighted by molar-refractivity contribution is 0.0981. The molecule has 0 spiro atoms. The van der Waals surface area contributed by atoms with Gasteiger partial charge < -0.3 is 4.74 Å². The van der Waals surface area contributed by atoms with Gasteiger partial charge in [-0.05, 0) is 38.0 Å². The number of amides is 1. The van der Waals surface area contributed by atoms with Gasteiger partial charge >= 0.3 is 0 Å². The molecule has 1 N–H and O–H groups in total. The second-order valence-corrected chi connectivity index (χ2v) is 6.10. The Morgan fingerprint density at radius 3 is 2.78 bits per heavy atom. The first-order valence-electron chi connectivity index (χ1n) is 5.82. The summed E-state index contributed by atoms with van der Waals surface area (Å²) in [5.41, 5.74) is 0.283. The maximum absolute atomic E-state index is 11.8. The maximum Gasteiger partial charge on any atom is 0.264 e. The van der Waals surface area contributed by atoms with Crippen LogP contribution in [0.3, 0.4) is 0 Å². The van der Waals surface area contributed by atoms with E-state index in [4.69, 9.17) is 4.74 Å². The number of hydrogen-bond donors (Lipinski definition) is 1. The van der Waals surface area contributed by atoms with E-state index in [1.165, 1.54) is 6.07 Å². The third-order valence-electron chi connectivity index (χ3n) is 2.61. The van der Waals surface area contributed by atoms with E-state index >= 15 is 0 Å². The maximum atomic E-state index is 11.8. The quantitative estimate of drug-likeness (QED) is 0.874. The van der Waals surface area contributed by atoms with Crippen molar-refractivity contribution in [1.82, 2.24) is 4.72 Å². The first-order chi connectivity index (χ1) is 8.53. The molecule has 0 heterocycles. The van der Waals surface area contributed by atoms with Gasteiger partial charge in [0.1, 0.15) is 5.75 Å². The molecule has 6 heteroatoms. The van der Waals surface area contributed by atoms with E-state index < -0.39 is 21.2 Å². The average molecular weight is 269 g/mol. The van der Waals surface area contributed by atoms with Crippen LogP contribution in [0, 0.1) is 0 Å². The molecule has 1 fully saturated rings. The van der Waals surface area contributed by atoms with E-state index in [1.54, 1.807) is 18.2 Å². The summed E-state index contributed by atoms with van der Waals surface area (Å²) in [5, 5.41) is -0.406. The topological polar surface area (TPSA) is 72.5 Å². The third-order valence-corrected chi connectivity index (χ3v) is 4.42. The first kappa shape index (κ1) is 12.9. The van der Waals surface area contributed by atoms with Gasteiger partial charge in [-0.25, -0.2) is 13.1 Å². The van der Waals surface area contributed by atoms with E-state index in [0.29, 0.717) is 25.2 Å². The Kier molecular flexibility index (Phi) is 3.56. The SMILES string of the molecule is CCOc1cccc(C(=O)NS(=O)(=O)C2CC2)c1. The van der Waals surface area contributed by atoms with E-state index in [2.05, 4.69) is 4.72 Å². The fourth-order valence-electron chi connectivity index (χ4n) is 1.54. The minimum Gasteiger partial charge on any atom is -0.494 e. The van der Waals surface area contributed by atoms with Crippen LogP contribution >= 0.6 is 0 Å². The van der Waals surface area contributed by atoms with Gasteiger partial charge in [-0.15, -0.1) is 0 Å². The van der Waals surface area contributed by atoms with Crippen molar-refractivity contribution in [2.24, 2.45) is 0 Å². The predicted octanol–water partition coefficient (Wildman–Crippen LogP) is 1.31. The number of benzene rings is 1. The van der Waals surface area contributed by atoms with Crippen LogP contribution < -0.4 is 9.46 Å². The molecule has 0 unspecified atom stereocenters. The number of hydrogen-bond acceptors (Lipinski definition) is 4. The molecule has 0 saturated heterocycles. The molecule has 0 bridgehead atoms. The van der Waals surface area contributed by atoms with Crippen LogP contribution in [0.2, 0.25) is 0 Å². The van der Waals surface area contributed by atoms with Crippen molar-refractivity contribution in [1.29, 1.82) is 0 Å². The van der Waals surface area contributed by atoms with Gasteiger partial charge in [-0.3, -0.25) is 4.79 Å². The highest BCUT2D eigenvalue weighted by molar-refractivity contribution is 7.91. The van der Waals surface area contributed by atoms with E-state index in [0.717, 1.165) is 0 Å². The summed E-state index contributed by atoms with van der Waals surface area (Å²) in [5.74, 6) is -0.0579. The molecule has 0 aromatic heterocycles. The van der Waals surface area contributed by atoms with Crippen molar-refractivity contribution in [2.75, 3.05) is 6.61 Å². The molecule has 1 amide bonds. The van der Waals surface area contributed by atoms with Gasteiger partial charge in [0.05, 0.1) is 11.9 Å². The molecule has 1 aromatic rings. The van der Waals surface area contributed by atoms with Crippen LogP contribution in [-0.4, -0.2) is 26.2 Å². The molecule has 0 radical (unpaired) electrons. The first-order valence-corrected chi connectivity index (χ1v) is 7.36. The molecule has 5 nitrogen and oxygen atoms in total. The van der Waals surface area contributed by atoms with Gasteiger partial charge in [0.15, 0.2) is 0 Å². The third kappa shape index (κ3) is 3.01. The Morgan fingerprint density at radius 2 is 2.17 bits per heavy atom. The zero-order chi connectivity index (χ0) is 13.2. The summed E-state index contributed by atoms with van der Waals surface area (Å²) < 4.78 is 30.6. The van der Waals surface area contributed by atoms with Crippen LogP contribution in [0.5, 0.6) is 5.75 Å². The van der Waals surface area contributed by atoms with Crippen LogP contribution in [0.4, 0.5) is 0 Å².